The van der Waals surface area contributed by atoms with Gasteiger partial charge in [0.25, 0.3) is 0 Å². The molecule has 0 saturated heterocycles. The molecule has 0 aromatic carbocycles. The molecule has 12 heavy (non-hydrogen) atoms. The van der Waals surface area contributed by atoms with Gasteiger partial charge in [-0.15, -0.1) is 0 Å². The molecular formula is C9H12O3. The van der Waals surface area contributed by atoms with E-state index in [0.717, 1.165) is 6.42 Å². The van der Waals surface area contributed by atoms with Gasteiger partial charge in [-0.2, -0.15) is 0 Å². The molecule has 0 radical (unpaired) electrons. The van der Waals surface area contributed by atoms with E-state index < -0.39 is 12.1 Å². The fourth-order valence-corrected chi connectivity index (χ4v) is 1.56. The number of esters is 1. The molecule has 1 N–H and O–H groups in total. The fraction of sp³-hybridized carbons (Fsp3) is 0.667. The highest BCUT2D eigenvalue weighted by molar-refractivity contribution is 5.76. The predicted octanol–water partition coefficient (Wildman–Crippen LogP) is 0.631. The Hall–Kier alpha value is -0.830. The minimum absolute atomic E-state index is 0.0787. The van der Waals surface area contributed by atoms with Crippen molar-refractivity contribution in [1.29, 1.82) is 0 Å². The number of ether oxygens (including phenoxy) is 1. The SMILES string of the molecule is COC(=O)C(O)C1CC1=C1CC1. The van der Waals surface area contributed by atoms with Crippen LogP contribution in [0.3, 0.4) is 0 Å². The van der Waals surface area contributed by atoms with Gasteiger partial charge >= 0.3 is 5.97 Å². The Bertz CT molecular complexity index is 248. The van der Waals surface area contributed by atoms with Crippen molar-refractivity contribution in [3.8, 4) is 0 Å². The Labute approximate surface area is 71.0 Å². The Balaban J connectivity index is 1.95. The summed E-state index contributed by atoms with van der Waals surface area (Å²) in [7, 11) is 1.30. The van der Waals surface area contributed by atoms with E-state index in [1.807, 2.05) is 0 Å². The highest BCUT2D eigenvalue weighted by Crippen LogP contribution is 2.50. The quantitative estimate of drug-likeness (QED) is 0.486. The molecule has 66 valence electrons. The molecule has 0 bridgehead atoms. The molecule has 2 saturated carbocycles. The number of carbonyl (C=O) groups is 1. The fourth-order valence-electron chi connectivity index (χ4n) is 1.56. The lowest BCUT2D eigenvalue weighted by Gasteiger charge is -2.04. The van der Waals surface area contributed by atoms with E-state index in [-0.39, 0.29) is 5.92 Å². The third-order valence-corrected chi connectivity index (χ3v) is 2.51. The number of methoxy groups -OCH3 is 1. The Morgan fingerprint density at radius 1 is 1.67 bits per heavy atom. The van der Waals surface area contributed by atoms with Crippen LogP contribution in [-0.4, -0.2) is 24.3 Å². The van der Waals surface area contributed by atoms with E-state index in [1.54, 1.807) is 0 Å². The van der Waals surface area contributed by atoms with Crippen molar-refractivity contribution in [2.45, 2.75) is 25.4 Å². The average Bonchev–Trinajstić information content (AvgIpc) is 2.84. The maximum absolute atomic E-state index is 10.9. The van der Waals surface area contributed by atoms with Gasteiger partial charge in [0, 0.05) is 5.92 Å². The Kier molecular flexibility index (Phi) is 1.68. The van der Waals surface area contributed by atoms with Gasteiger partial charge in [-0.1, -0.05) is 11.1 Å². The van der Waals surface area contributed by atoms with Gasteiger partial charge in [-0.05, 0) is 19.3 Å². The standard InChI is InChI=1S/C9H12O3/c1-12-9(11)8(10)7-4-6(7)5-2-3-5/h7-8,10H,2-4H2,1H3. The third-order valence-electron chi connectivity index (χ3n) is 2.51. The molecule has 2 fully saturated rings. The van der Waals surface area contributed by atoms with Crippen molar-refractivity contribution in [2.75, 3.05) is 7.11 Å². The first-order valence-electron chi connectivity index (χ1n) is 4.20. The molecule has 3 nitrogen and oxygen atoms in total. The van der Waals surface area contributed by atoms with Crippen LogP contribution in [0, 0.1) is 5.92 Å². The normalized spacial score (nSPS) is 28.3. The van der Waals surface area contributed by atoms with Gasteiger partial charge in [0.15, 0.2) is 6.10 Å². The molecule has 0 aliphatic heterocycles. The molecule has 2 atom stereocenters. The summed E-state index contributed by atoms with van der Waals surface area (Å²) in [4.78, 5) is 10.9. The van der Waals surface area contributed by atoms with Crippen LogP contribution in [0.15, 0.2) is 11.1 Å². The van der Waals surface area contributed by atoms with Crippen molar-refractivity contribution in [2.24, 2.45) is 5.92 Å². The van der Waals surface area contributed by atoms with Gasteiger partial charge in [-0.25, -0.2) is 4.79 Å². The highest BCUT2D eigenvalue weighted by atomic mass is 16.5. The molecule has 0 heterocycles. The highest BCUT2D eigenvalue weighted by Gasteiger charge is 2.44. The van der Waals surface area contributed by atoms with Crippen LogP contribution in [0.1, 0.15) is 19.3 Å². The van der Waals surface area contributed by atoms with Crippen LogP contribution in [0.25, 0.3) is 0 Å². The second-order valence-corrected chi connectivity index (χ2v) is 3.41. The molecule has 0 aromatic heterocycles. The van der Waals surface area contributed by atoms with Gasteiger partial charge in [-0.3, -0.25) is 0 Å². The summed E-state index contributed by atoms with van der Waals surface area (Å²) in [6.07, 6.45) is 2.31. The number of carbonyl (C=O) groups excluding carboxylic acids is 1. The lowest BCUT2D eigenvalue weighted by atomic mass is 10.2. The number of rotatable bonds is 2. The largest absolute Gasteiger partial charge is 0.467 e. The smallest absolute Gasteiger partial charge is 0.335 e. The maximum atomic E-state index is 10.9. The molecule has 2 rings (SSSR count). The molecule has 0 aromatic rings. The van der Waals surface area contributed by atoms with E-state index in [0.29, 0.717) is 0 Å². The topological polar surface area (TPSA) is 46.5 Å². The van der Waals surface area contributed by atoms with Crippen molar-refractivity contribution in [1.82, 2.24) is 0 Å². The van der Waals surface area contributed by atoms with Crippen molar-refractivity contribution < 1.29 is 14.6 Å². The molecule has 3 heteroatoms. The summed E-state index contributed by atoms with van der Waals surface area (Å²) >= 11 is 0. The number of aliphatic hydroxyl groups is 1. The number of allylic oxidation sites excluding steroid dienone is 1. The average molecular weight is 168 g/mol. The number of hydrogen-bond acceptors (Lipinski definition) is 3. The van der Waals surface area contributed by atoms with Crippen molar-refractivity contribution >= 4 is 5.97 Å². The zero-order chi connectivity index (χ0) is 8.72. The summed E-state index contributed by atoms with van der Waals surface area (Å²) < 4.78 is 4.45. The van der Waals surface area contributed by atoms with Crippen molar-refractivity contribution in [3.63, 3.8) is 0 Å². The first-order chi connectivity index (χ1) is 5.74. The second kappa shape index (κ2) is 2.59. The Morgan fingerprint density at radius 3 is 2.83 bits per heavy atom. The second-order valence-electron chi connectivity index (χ2n) is 3.41. The molecule has 2 aliphatic rings. The number of hydrogen-bond donors (Lipinski definition) is 1. The number of aliphatic hydroxyl groups excluding tert-OH is 1. The molecule has 0 amide bonds. The van der Waals surface area contributed by atoms with Crippen LogP contribution in [0.5, 0.6) is 0 Å². The summed E-state index contributed by atoms with van der Waals surface area (Å²) in [6.45, 7) is 0. The molecule has 0 spiro atoms. The first kappa shape index (κ1) is 7.80. The van der Waals surface area contributed by atoms with Gasteiger partial charge in [0.1, 0.15) is 0 Å². The summed E-state index contributed by atoms with van der Waals surface area (Å²) in [5, 5.41) is 9.40. The van der Waals surface area contributed by atoms with E-state index in [4.69, 9.17) is 0 Å². The van der Waals surface area contributed by atoms with E-state index in [9.17, 15) is 9.90 Å². The lowest BCUT2D eigenvalue weighted by Crippen LogP contribution is -2.23. The molecular weight excluding hydrogens is 156 g/mol. The maximum Gasteiger partial charge on any atom is 0.335 e. The van der Waals surface area contributed by atoms with E-state index in [2.05, 4.69) is 4.74 Å². The first-order valence-corrected chi connectivity index (χ1v) is 4.20. The monoisotopic (exact) mass is 168 g/mol. The van der Waals surface area contributed by atoms with Crippen LogP contribution in [0.2, 0.25) is 0 Å². The molecule has 2 unspecified atom stereocenters. The van der Waals surface area contributed by atoms with Crippen LogP contribution in [0.4, 0.5) is 0 Å². The van der Waals surface area contributed by atoms with Gasteiger partial charge in [0.2, 0.25) is 0 Å². The summed E-state index contributed by atoms with van der Waals surface area (Å²) in [5.41, 5.74) is 2.75. The van der Waals surface area contributed by atoms with Crippen LogP contribution >= 0.6 is 0 Å². The molecule has 2 aliphatic carbocycles. The minimum Gasteiger partial charge on any atom is -0.467 e. The summed E-state index contributed by atoms with van der Waals surface area (Å²) in [5.74, 6) is -0.425. The predicted molar refractivity (Wildman–Crippen MR) is 42.4 cm³/mol. The van der Waals surface area contributed by atoms with Gasteiger partial charge < -0.3 is 9.84 Å². The van der Waals surface area contributed by atoms with Crippen molar-refractivity contribution in [3.05, 3.63) is 11.1 Å². The Morgan fingerprint density at radius 2 is 2.33 bits per heavy atom. The minimum atomic E-state index is -0.918. The van der Waals surface area contributed by atoms with E-state index in [1.165, 1.54) is 31.1 Å². The van der Waals surface area contributed by atoms with Crippen LogP contribution < -0.4 is 0 Å². The zero-order valence-electron chi connectivity index (χ0n) is 7.04. The van der Waals surface area contributed by atoms with Gasteiger partial charge in [0.05, 0.1) is 7.11 Å². The third kappa shape index (κ3) is 1.25. The zero-order valence-corrected chi connectivity index (χ0v) is 7.04. The van der Waals surface area contributed by atoms with Crippen LogP contribution in [-0.2, 0) is 9.53 Å². The van der Waals surface area contributed by atoms with E-state index >= 15 is 0 Å². The summed E-state index contributed by atoms with van der Waals surface area (Å²) in [6, 6.07) is 0. The lowest BCUT2D eigenvalue weighted by molar-refractivity contribution is -0.151.